The lowest BCUT2D eigenvalue weighted by molar-refractivity contribution is -0.145. The third-order valence-corrected chi connectivity index (χ3v) is 7.38. The number of rotatable bonds is 29. The van der Waals surface area contributed by atoms with Gasteiger partial charge in [0.25, 0.3) is 0 Å². The van der Waals surface area contributed by atoms with Crippen molar-refractivity contribution in [3.8, 4) is 0 Å². The molecule has 0 aromatic heterocycles. The summed E-state index contributed by atoms with van der Waals surface area (Å²) in [6.07, 6.45) is 15.6. The van der Waals surface area contributed by atoms with E-state index in [0.717, 1.165) is 44.9 Å². The maximum atomic E-state index is 12.3. The molecule has 10 heteroatoms. The number of amides is 1. The fourth-order valence-electron chi connectivity index (χ4n) is 4.72. The van der Waals surface area contributed by atoms with Crippen molar-refractivity contribution in [1.82, 2.24) is 5.32 Å². The van der Waals surface area contributed by atoms with Crippen LogP contribution >= 0.6 is 0 Å². The van der Waals surface area contributed by atoms with E-state index in [2.05, 4.69) is 5.32 Å². The van der Waals surface area contributed by atoms with Crippen molar-refractivity contribution in [2.24, 2.45) is 5.92 Å². The number of carboxylic acids is 3. The van der Waals surface area contributed by atoms with Gasteiger partial charge in [-0.2, -0.15) is 0 Å². The lowest BCUT2D eigenvalue weighted by Gasteiger charge is -2.15. The summed E-state index contributed by atoms with van der Waals surface area (Å²) in [5.41, 5.74) is 0. The van der Waals surface area contributed by atoms with Crippen molar-refractivity contribution in [2.45, 2.75) is 154 Å². The van der Waals surface area contributed by atoms with E-state index in [0.29, 0.717) is 6.42 Å². The van der Waals surface area contributed by atoms with Crippen LogP contribution in [0.3, 0.4) is 0 Å². The zero-order chi connectivity index (χ0) is 30.9. The summed E-state index contributed by atoms with van der Waals surface area (Å²) in [6.45, 7) is 1.68. The Balaban J connectivity index is 3.91. The number of hydrogen-bond donors (Lipinski definition) is 4. The molecular formula is C31H53NO9. The molecule has 4 N–H and O–H groups in total. The van der Waals surface area contributed by atoms with Gasteiger partial charge in [0.1, 0.15) is 17.6 Å². The Morgan fingerprint density at radius 3 is 1.41 bits per heavy atom. The van der Waals surface area contributed by atoms with Gasteiger partial charge in [-0.05, 0) is 25.7 Å². The van der Waals surface area contributed by atoms with Gasteiger partial charge < -0.3 is 20.6 Å². The van der Waals surface area contributed by atoms with E-state index in [-0.39, 0.29) is 56.5 Å². The van der Waals surface area contributed by atoms with Crippen LogP contribution in [0.15, 0.2) is 0 Å². The SMILES string of the molecule is CCC(=O)CCC(NC(=O)CCC(CC(=O)CCCCCCCCCCCCCCCCC(=O)O)C(=O)O)C(=O)O. The second-order valence-corrected chi connectivity index (χ2v) is 11.0. The molecule has 0 fully saturated rings. The first-order valence-electron chi connectivity index (χ1n) is 15.6. The summed E-state index contributed by atoms with van der Waals surface area (Å²) in [4.78, 5) is 69.3. The van der Waals surface area contributed by atoms with Gasteiger partial charge in [0.05, 0.1) is 5.92 Å². The fourth-order valence-corrected chi connectivity index (χ4v) is 4.72. The van der Waals surface area contributed by atoms with E-state index in [1.54, 1.807) is 6.92 Å². The Hall–Kier alpha value is -2.78. The largest absolute Gasteiger partial charge is 0.481 e. The van der Waals surface area contributed by atoms with Gasteiger partial charge in [0.2, 0.25) is 5.91 Å². The van der Waals surface area contributed by atoms with Gasteiger partial charge in [-0.1, -0.05) is 84.0 Å². The number of carboxylic acid groups (broad SMARTS) is 3. The van der Waals surface area contributed by atoms with Crippen LogP contribution in [0.2, 0.25) is 0 Å². The highest BCUT2D eigenvalue weighted by molar-refractivity contribution is 5.86. The van der Waals surface area contributed by atoms with Gasteiger partial charge in [0, 0.05) is 38.5 Å². The highest BCUT2D eigenvalue weighted by Crippen LogP contribution is 2.17. The minimum Gasteiger partial charge on any atom is -0.481 e. The number of carbonyl (C=O) groups excluding carboxylic acids is 3. The molecule has 1 amide bonds. The van der Waals surface area contributed by atoms with Crippen molar-refractivity contribution >= 4 is 35.4 Å². The Morgan fingerprint density at radius 2 is 1.00 bits per heavy atom. The summed E-state index contributed by atoms with van der Waals surface area (Å²) in [5, 5.41) is 29.7. The first-order chi connectivity index (χ1) is 19.6. The van der Waals surface area contributed by atoms with Crippen LogP contribution in [-0.2, 0) is 28.8 Å². The molecule has 0 aliphatic rings. The molecule has 0 aliphatic carbocycles. The molecule has 2 unspecified atom stereocenters. The van der Waals surface area contributed by atoms with E-state index in [1.807, 2.05) is 0 Å². The van der Waals surface area contributed by atoms with Crippen LogP contribution in [0, 0.1) is 5.92 Å². The minimum atomic E-state index is -1.25. The van der Waals surface area contributed by atoms with Crippen molar-refractivity contribution < 1.29 is 44.1 Å². The molecular weight excluding hydrogens is 530 g/mol. The number of aliphatic carboxylic acids is 3. The van der Waals surface area contributed by atoms with Crippen LogP contribution in [-0.4, -0.2) is 56.7 Å². The molecule has 10 nitrogen and oxygen atoms in total. The number of unbranched alkanes of at least 4 members (excludes halogenated alkanes) is 13. The molecule has 0 saturated heterocycles. The molecule has 0 rings (SSSR count). The summed E-state index contributed by atoms with van der Waals surface area (Å²) in [5.74, 6) is -4.95. The van der Waals surface area contributed by atoms with Crippen molar-refractivity contribution in [1.29, 1.82) is 0 Å². The molecule has 236 valence electrons. The molecule has 0 bridgehead atoms. The molecule has 0 heterocycles. The van der Waals surface area contributed by atoms with Gasteiger partial charge >= 0.3 is 17.9 Å². The molecule has 0 aromatic carbocycles. The minimum absolute atomic E-state index is 0.0193. The van der Waals surface area contributed by atoms with E-state index in [1.165, 1.54) is 44.9 Å². The van der Waals surface area contributed by atoms with Crippen molar-refractivity contribution in [2.75, 3.05) is 0 Å². The monoisotopic (exact) mass is 583 g/mol. The maximum Gasteiger partial charge on any atom is 0.326 e. The summed E-state index contributed by atoms with van der Waals surface area (Å²) < 4.78 is 0. The van der Waals surface area contributed by atoms with Crippen molar-refractivity contribution in [3.05, 3.63) is 0 Å². The van der Waals surface area contributed by atoms with E-state index < -0.39 is 35.8 Å². The second kappa shape index (κ2) is 25.0. The Morgan fingerprint density at radius 1 is 0.537 bits per heavy atom. The number of hydrogen-bond acceptors (Lipinski definition) is 6. The molecule has 0 aromatic rings. The number of ketones is 2. The predicted molar refractivity (Wildman–Crippen MR) is 156 cm³/mol. The topological polar surface area (TPSA) is 175 Å². The van der Waals surface area contributed by atoms with Crippen LogP contribution in [0.1, 0.15) is 148 Å². The van der Waals surface area contributed by atoms with E-state index in [9.17, 15) is 39.0 Å². The smallest absolute Gasteiger partial charge is 0.326 e. The average Bonchev–Trinajstić information content (AvgIpc) is 2.92. The highest BCUT2D eigenvalue weighted by atomic mass is 16.4. The summed E-state index contributed by atoms with van der Waals surface area (Å²) in [6, 6.07) is -1.21. The first-order valence-corrected chi connectivity index (χ1v) is 15.6. The van der Waals surface area contributed by atoms with Gasteiger partial charge in [-0.25, -0.2) is 4.79 Å². The quantitative estimate of drug-likeness (QED) is 0.0760. The standard InChI is InChI=1S/C31H53NO9/c1-2-25(33)20-21-27(31(40)41)32-28(35)22-19-24(30(38)39)23-26(34)17-15-13-11-9-7-5-3-4-6-8-10-12-14-16-18-29(36)37/h24,27H,2-23H2,1H3,(H,32,35)(H,36,37)(H,38,39)(H,40,41). The predicted octanol–water partition coefficient (Wildman–Crippen LogP) is 6.08. The van der Waals surface area contributed by atoms with E-state index in [4.69, 9.17) is 5.11 Å². The third-order valence-electron chi connectivity index (χ3n) is 7.38. The molecule has 0 spiro atoms. The summed E-state index contributed by atoms with van der Waals surface area (Å²) in [7, 11) is 0. The zero-order valence-electron chi connectivity index (χ0n) is 25.0. The van der Waals surface area contributed by atoms with Gasteiger partial charge in [-0.15, -0.1) is 0 Å². The molecule has 41 heavy (non-hydrogen) atoms. The molecule has 0 aliphatic heterocycles. The Kier molecular flexibility index (Phi) is 23.3. The first kappa shape index (κ1) is 38.2. The van der Waals surface area contributed by atoms with Gasteiger partial charge in [0.15, 0.2) is 0 Å². The van der Waals surface area contributed by atoms with E-state index >= 15 is 0 Å². The number of carbonyl (C=O) groups is 6. The average molecular weight is 584 g/mol. The van der Waals surface area contributed by atoms with Crippen molar-refractivity contribution in [3.63, 3.8) is 0 Å². The third kappa shape index (κ3) is 23.6. The van der Waals surface area contributed by atoms with Gasteiger partial charge in [-0.3, -0.25) is 24.0 Å². The highest BCUT2D eigenvalue weighted by Gasteiger charge is 2.24. The van der Waals surface area contributed by atoms with Crippen LogP contribution < -0.4 is 5.32 Å². The number of nitrogens with one attached hydrogen (secondary N) is 1. The normalized spacial score (nSPS) is 12.4. The lowest BCUT2D eigenvalue weighted by atomic mass is 9.94. The van der Waals surface area contributed by atoms with Crippen LogP contribution in [0.4, 0.5) is 0 Å². The summed E-state index contributed by atoms with van der Waals surface area (Å²) >= 11 is 0. The second-order valence-electron chi connectivity index (χ2n) is 11.0. The zero-order valence-corrected chi connectivity index (χ0v) is 25.0. The van der Waals surface area contributed by atoms with Crippen LogP contribution in [0.25, 0.3) is 0 Å². The number of Topliss-reactive ketones (excluding diaryl/α,β-unsaturated/α-hetero) is 2. The maximum absolute atomic E-state index is 12.3. The molecule has 0 radical (unpaired) electrons. The van der Waals surface area contributed by atoms with Crippen LogP contribution in [0.5, 0.6) is 0 Å². The Labute approximate surface area is 245 Å². The lowest BCUT2D eigenvalue weighted by Crippen LogP contribution is -2.41. The fraction of sp³-hybridized carbons (Fsp3) is 0.806. The molecule has 2 atom stereocenters. The molecule has 0 saturated carbocycles. The Bertz CT molecular complexity index is 796.